The summed E-state index contributed by atoms with van der Waals surface area (Å²) in [5, 5.41) is 10.3. The van der Waals surface area contributed by atoms with Crippen LogP contribution in [0.25, 0.3) is 34.2 Å². The lowest BCUT2D eigenvalue weighted by Crippen LogP contribution is -2.00. The molecule has 4 heteroatoms. The Kier molecular flexibility index (Phi) is 4.15. The Morgan fingerprint density at radius 1 is 0.615 bits per heavy atom. The van der Waals surface area contributed by atoms with Gasteiger partial charge in [-0.1, -0.05) is 72.3 Å². The van der Waals surface area contributed by atoms with Gasteiger partial charge in [0.2, 0.25) is 0 Å². The number of phenols is 1. The van der Waals surface area contributed by atoms with E-state index in [1.807, 2.05) is 79.7 Å². The maximum Gasteiger partial charge on any atom is 0.167 e. The fourth-order valence-electron chi connectivity index (χ4n) is 2.76. The molecule has 0 aliphatic heterocycles. The van der Waals surface area contributed by atoms with Crippen molar-refractivity contribution in [3.8, 4) is 39.9 Å². The Bertz CT molecular complexity index is 990. The van der Waals surface area contributed by atoms with Gasteiger partial charge in [-0.25, -0.2) is 15.0 Å². The van der Waals surface area contributed by atoms with Gasteiger partial charge in [-0.2, -0.15) is 0 Å². The standard InChI is InChI=1S/C22H17N3O/c1-15-12-13-19(26)18(14-15)22-24-20(16-8-4-2-5-9-16)23-21(25-22)17-10-6-3-7-11-17/h2-14,26H,1H3. The predicted octanol–water partition coefficient (Wildman–Crippen LogP) is 4.89. The predicted molar refractivity (Wildman–Crippen MR) is 103 cm³/mol. The molecule has 1 aromatic heterocycles. The van der Waals surface area contributed by atoms with Crippen molar-refractivity contribution in [3.63, 3.8) is 0 Å². The minimum absolute atomic E-state index is 0.153. The molecule has 1 N–H and O–H groups in total. The van der Waals surface area contributed by atoms with Gasteiger partial charge in [-0.15, -0.1) is 0 Å². The summed E-state index contributed by atoms with van der Waals surface area (Å²) < 4.78 is 0. The van der Waals surface area contributed by atoms with Crippen LogP contribution in [0.4, 0.5) is 0 Å². The zero-order valence-corrected chi connectivity index (χ0v) is 14.3. The van der Waals surface area contributed by atoms with Gasteiger partial charge in [0, 0.05) is 11.1 Å². The van der Waals surface area contributed by atoms with Crippen molar-refractivity contribution in [2.24, 2.45) is 0 Å². The van der Waals surface area contributed by atoms with Gasteiger partial charge in [0.15, 0.2) is 17.5 Å². The molecule has 0 fully saturated rings. The molecule has 0 radical (unpaired) electrons. The third-order valence-electron chi connectivity index (χ3n) is 4.09. The summed E-state index contributed by atoms with van der Waals surface area (Å²) in [6.45, 7) is 1.97. The van der Waals surface area contributed by atoms with Crippen LogP contribution in [0.2, 0.25) is 0 Å². The molecule has 0 unspecified atom stereocenters. The van der Waals surface area contributed by atoms with Gasteiger partial charge in [-0.05, 0) is 19.1 Å². The van der Waals surface area contributed by atoms with Gasteiger partial charge < -0.3 is 5.11 Å². The molecule has 26 heavy (non-hydrogen) atoms. The van der Waals surface area contributed by atoms with Crippen molar-refractivity contribution in [2.45, 2.75) is 6.92 Å². The number of hydrogen-bond donors (Lipinski definition) is 1. The lowest BCUT2D eigenvalue weighted by Gasteiger charge is -2.09. The highest BCUT2D eigenvalue weighted by Crippen LogP contribution is 2.30. The highest BCUT2D eigenvalue weighted by atomic mass is 16.3. The molecule has 3 aromatic carbocycles. The van der Waals surface area contributed by atoms with E-state index in [1.165, 1.54) is 0 Å². The van der Waals surface area contributed by atoms with Crippen LogP contribution in [0, 0.1) is 6.92 Å². The van der Waals surface area contributed by atoms with E-state index in [9.17, 15) is 5.11 Å². The van der Waals surface area contributed by atoms with Crippen molar-refractivity contribution in [1.29, 1.82) is 0 Å². The Hall–Kier alpha value is -3.53. The highest BCUT2D eigenvalue weighted by Gasteiger charge is 2.14. The number of phenolic OH excluding ortho intramolecular Hbond substituents is 1. The van der Waals surface area contributed by atoms with E-state index < -0.39 is 0 Å². The van der Waals surface area contributed by atoms with Crippen LogP contribution in [0.1, 0.15) is 5.56 Å². The second-order valence-electron chi connectivity index (χ2n) is 6.06. The van der Waals surface area contributed by atoms with Crippen molar-refractivity contribution in [3.05, 3.63) is 84.4 Å². The summed E-state index contributed by atoms with van der Waals surface area (Å²) in [4.78, 5) is 13.9. The molecule has 0 aliphatic carbocycles. The van der Waals surface area contributed by atoms with Crippen LogP contribution >= 0.6 is 0 Å². The first-order valence-electron chi connectivity index (χ1n) is 8.37. The third-order valence-corrected chi connectivity index (χ3v) is 4.09. The molecule has 4 aromatic rings. The summed E-state index contributed by atoms with van der Waals surface area (Å²) in [7, 11) is 0. The van der Waals surface area contributed by atoms with Crippen LogP contribution in [-0.2, 0) is 0 Å². The van der Waals surface area contributed by atoms with Gasteiger partial charge in [0.25, 0.3) is 0 Å². The van der Waals surface area contributed by atoms with Gasteiger partial charge in [0.05, 0.1) is 5.56 Å². The summed E-state index contributed by atoms with van der Waals surface area (Å²) in [5.41, 5.74) is 3.43. The topological polar surface area (TPSA) is 58.9 Å². The Morgan fingerprint density at radius 2 is 1.12 bits per heavy atom. The Labute approximate surface area is 151 Å². The normalized spacial score (nSPS) is 10.7. The molecule has 0 atom stereocenters. The van der Waals surface area contributed by atoms with E-state index in [4.69, 9.17) is 0 Å². The maximum absolute atomic E-state index is 10.3. The maximum atomic E-state index is 10.3. The number of rotatable bonds is 3. The molecular weight excluding hydrogens is 322 g/mol. The molecule has 1 heterocycles. The Morgan fingerprint density at radius 3 is 1.65 bits per heavy atom. The minimum Gasteiger partial charge on any atom is -0.507 e. The summed E-state index contributed by atoms with van der Waals surface area (Å²) in [6, 6.07) is 25.0. The average molecular weight is 339 g/mol. The molecule has 126 valence electrons. The lowest BCUT2D eigenvalue weighted by molar-refractivity contribution is 0.476. The molecule has 0 saturated carbocycles. The Balaban J connectivity index is 1.95. The van der Waals surface area contributed by atoms with Crippen LogP contribution in [0.5, 0.6) is 5.75 Å². The number of nitrogens with zero attached hydrogens (tertiary/aromatic N) is 3. The minimum atomic E-state index is 0.153. The van der Waals surface area contributed by atoms with E-state index in [0.717, 1.165) is 16.7 Å². The first-order chi connectivity index (χ1) is 12.7. The second kappa shape index (κ2) is 6.76. The van der Waals surface area contributed by atoms with E-state index in [1.54, 1.807) is 6.07 Å². The summed E-state index contributed by atoms with van der Waals surface area (Å²) in [6.07, 6.45) is 0. The summed E-state index contributed by atoms with van der Waals surface area (Å²) >= 11 is 0. The van der Waals surface area contributed by atoms with E-state index in [-0.39, 0.29) is 5.75 Å². The SMILES string of the molecule is Cc1ccc(O)c(-c2nc(-c3ccccc3)nc(-c3ccccc3)n2)c1. The molecule has 0 amide bonds. The lowest BCUT2D eigenvalue weighted by atomic mass is 10.1. The number of aryl methyl sites for hydroxylation is 1. The average Bonchev–Trinajstić information content (AvgIpc) is 2.71. The summed E-state index contributed by atoms with van der Waals surface area (Å²) in [5.74, 6) is 1.77. The van der Waals surface area contributed by atoms with Gasteiger partial charge in [0.1, 0.15) is 5.75 Å². The van der Waals surface area contributed by atoms with E-state index in [2.05, 4.69) is 15.0 Å². The van der Waals surface area contributed by atoms with Crippen molar-refractivity contribution >= 4 is 0 Å². The first kappa shape index (κ1) is 16.0. The fraction of sp³-hybridized carbons (Fsp3) is 0.0455. The van der Waals surface area contributed by atoms with Gasteiger partial charge in [-0.3, -0.25) is 0 Å². The van der Waals surface area contributed by atoms with Gasteiger partial charge >= 0.3 is 0 Å². The monoisotopic (exact) mass is 339 g/mol. The van der Waals surface area contributed by atoms with Crippen molar-refractivity contribution in [1.82, 2.24) is 15.0 Å². The van der Waals surface area contributed by atoms with E-state index >= 15 is 0 Å². The molecule has 0 aliphatic rings. The van der Waals surface area contributed by atoms with Crippen molar-refractivity contribution < 1.29 is 5.11 Å². The number of hydrogen-bond acceptors (Lipinski definition) is 4. The molecule has 0 bridgehead atoms. The fourth-order valence-corrected chi connectivity index (χ4v) is 2.76. The zero-order chi connectivity index (χ0) is 17.9. The molecule has 0 spiro atoms. The molecule has 4 rings (SSSR count). The van der Waals surface area contributed by atoms with Crippen LogP contribution in [-0.4, -0.2) is 20.1 Å². The molecule has 0 saturated heterocycles. The van der Waals surface area contributed by atoms with E-state index in [0.29, 0.717) is 23.0 Å². The van der Waals surface area contributed by atoms with Crippen molar-refractivity contribution in [2.75, 3.05) is 0 Å². The quantitative estimate of drug-likeness (QED) is 0.577. The third kappa shape index (κ3) is 3.17. The number of aromatic nitrogens is 3. The second-order valence-corrected chi connectivity index (χ2v) is 6.06. The number of benzene rings is 3. The first-order valence-corrected chi connectivity index (χ1v) is 8.37. The highest BCUT2D eigenvalue weighted by molar-refractivity contribution is 5.70. The van der Waals surface area contributed by atoms with Crippen LogP contribution < -0.4 is 0 Å². The molecular formula is C22H17N3O. The smallest absolute Gasteiger partial charge is 0.167 e. The van der Waals surface area contributed by atoms with Crippen LogP contribution in [0.3, 0.4) is 0 Å². The molecule has 4 nitrogen and oxygen atoms in total. The zero-order valence-electron chi connectivity index (χ0n) is 14.3. The largest absolute Gasteiger partial charge is 0.507 e. The van der Waals surface area contributed by atoms with Crippen LogP contribution in [0.15, 0.2) is 78.9 Å². The number of aromatic hydroxyl groups is 1.